The summed E-state index contributed by atoms with van der Waals surface area (Å²) < 4.78 is 5.31. The normalized spacial score (nSPS) is 20.6. The van der Waals surface area contributed by atoms with Gasteiger partial charge in [0, 0.05) is 58.9 Å². The SMILES string of the molecule is CN1CCN([C@@H](CNC(=O)C(=O)NCCN2CCOCC2)c2ccsc2)CC1. The van der Waals surface area contributed by atoms with Crippen LogP contribution in [0.3, 0.4) is 0 Å². The summed E-state index contributed by atoms with van der Waals surface area (Å²) in [6, 6.07) is 2.20. The van der Waals surface area contributed by atoms with Crippen molar-refractivity contribution < 1.29 is 14.3 Å². The van der Waals surface area contributed by atoms with Gasteiger partial charge < -0.3 is 20.3 Å². The van der Waals surface area contributed by atoms with Crippen molar-refractivity contribution in [3.63, 3.8) is 0 Å². The lowest BCUT2D eigenvalue weighted by Gasteiger charge is -2.37. The topological polar surface area (TPSA) is 77.1 Å². The van der Waals surface area contributed by atoms with Crippen molar-refractivity contribution in [3.05, 3.63) is 22.4 Å². The molecule has 2 aliphatic heterocycles. The Morgan fingerprint density at radius 3 is 2.50 bits per heavy atom. The predicted octanol–water partition coefficient (Wildman–Crippen LogP) is -0.399. The van der Waals surface area contributed by atoms with Crippen LogP contribution in [-0.4, -0.2) is 106 Å². The smallest absolute Gasteiger partial charge is 0.309 e. The standard InChI is InChI=1S/C19H31N5O3S/c1-22-5-7-24(8-6-22)17(16-2-13-28-15-16)14-21-19(26)18(25)20-3-4-23-9-11-27-12-10-23/h2,13,15,17H,3-12,14H2,1H3,(H,20,25)(H,21,26)/t17-/m0/s1. The summed E-state index contributed by atoms with van der Waals surface area (Å²) in [5.41, 5.74) is 1.20. The molecule has 0 saturated carbocycles. The van der Waals surface area contributed by atoms with Gasteiger partial charge in [-0.1, -0.05) is 0 Å². The van der Waals surface area contributed by atoms with Crippen LogP contribution in [0.15, 0.2) is 16.8 Å². The van der Waals surface area contributed by atoms with Crippen LogP contribution >= 0.6 is 11.3 Å². The van der Waals surface area contributed by atoms with Crippen LogP contribution in [0.5, 0.6) is 0 Å². The average molecular weight is 410 g/mol. The summed E-state index contributed by atoms with van der Waals surface area (Å²) in [4.78, 5) is 31.3. The number of carbonyl (C=O) groups is 2. The van der Waals surface area contributed by atoms with Crippen molar-refractivity contribution in [1.29, 1.82) is 0 Å². The number of nitrogens with zero attached hydrogens (tertiary/aromatic N) is 3. The summed E-state index contributed by atoms with van der Waals surface area (Å²) in [5, 5.41) is 9.73. The molecule has 1 aromatic heterocycles. The third kappa shape index (κ3) is 6.25. The lowest BCUT2D eigenvalue weighted by molar-refractivity contribution is -0.139. The van der Waals surface area contributed by atoms with E-state index in [1.165, 1.54) is 5.56 Å². The van der Waals surface area contributed by atoms with Crippen LogP contribution in [0.2, 0.25) is 0 Å². The van der Waals surface area contributed by atoms with Crippen LogP contribution in [0.25, 0.3) is 0 Å². The zero-order valence-corrected chi connectivity index (χ0v) is 17.4. The highest BCUT2D eigenvalue weighted by atomic mass is 32.1. The van der Waals surface area contributed by atoms with Crippen molar-refractivity contribution >= 4 is 23.2 Å². The Morgan fingerprint density at radius 2 is 1.82 bits per heavy atom. The Morgan fingerprint density at radius 1 is 1.11 bits per heavy atom. The zero-order valence-electron chi connectivity index (χ0n) is 16.6. The number of piperazine rings is 1. The number of amides is 2. The molecule has 1 aromatic rings. The molecule has 2 amide bonds. The van der Waals surface area contributed by atoms with E-state index in [1.807, 2.05) is 0 Å². The van der Waals surface area contributed by atoms with Crippen LogP contribution in [0.1, 0.15) is 11.6 Å². The minimum absolute atomic E-state index is 0.102. The van der Waals surface area contributed by atoms with E-state index in [1.54, 1.807) is 11.3 Å². The molecule has 2 N–H and O–H groups in total. The monoisotopic (exact) mass is 409 g/mol. The van der Waals surface area contributed by atoms with Gasteiger partial charge >= 0.3 is 11.8 Å². The molecule has 3 rings (SSSR count). The van der Waals surface area contributed by atoms with E-state index in [2.05, 4.69) is 49.2 Å². The van der Waals surface area contributed by atoms with Gasteiger partial charge in [0.1, 0.15) is 0 Å². The minimum Gasteiger partial charge on any atom is -0.379 e. The second-order valence-electron chi connectivity index (χ2n) is 7.33. The highest BCUT2D eigenvalue weighted by molar-refractivity contribution is 7.07. The van der Waals surface area contributed by atoms with Gasteiger partial charge in [0.15, 0.2) is 0 Å². The van der Waals surface area contributed by atoms with Crippen LogP contribution in [-0.2, 0) is 14.3 Å². The van der Waals surface area contributed by atoms with Gasteiger partial charge in [0.05, 0.1) is 19.3 Å². The second kappa shape index (κ2) is 10.9. The molecule has 3 heterocycles. The molecule has 0 aliphatic carbocycles. The first-order valence-electron chi connectivity index (χ1n) is 9.94. The Bertz CT molecular complexity index is 613. The molecule has 156 valence electrons. The molecule has 2 fully saturated rings. The maximum atomic E-state index is 12.3. The van der Waals surface area contributed by atoms with Crippen LogP contribution in [0, 0.1) is 0 Å². The van der Waals surface area contributed by atoms with Crippen LogP contribution in [0.4, 0.5) is 0 Å². The average Bonchev–Trinajstić information content (AvgIpc) is 3.24. The predicted molar refractivity (Wildman–Crippen MR) is 109 cm³/mol. The summed E-state index contributed by atoms with van der Waals surface area (Å²) in [6.07, 6.45) is 0. The fourth-order valence-corrected chi connectivity index (χ4v) is 4.27. The van der Waals surface area contributed by atoms with E-state index in [9.17, 15) is 9.59 Å². The molecule has 9 heteroatoms. The number of hydrogen-bond acceptors (Lipinski definition) is 7. The second-order valence-corrected chi connectivity index (χ2v) is 8.11. The van der Waals surface area contributed by atoms with Gasteiger partial charge in [0.2, 0.25) is 0 Å². The van der Waals surface area contributed by atoms with Gasteiger partial charge in [0.25, 0.3) is 0 Å². The Kier molecular flexibility index (Phi) is 8.23. The number of hydrogen-bond donors (Lipinski definition) is 2. The third-order valence-corrected chi connectivity index (χ3v) is 6.09. The number of ether oxygens (including phenoxy) is 1. The highest BCUT2D eigenvalue weighted by Crippen LogP contribution is 2.23. The number of carbonyl (C=O) groups excluding carboxylic acids is 2. The van der Waals surface area contributed by atoms with E-state index < -0.39 is 11.8 Å². The summed E-state index contributed by atoms with van der Waals surface area (Å²) in [5.74, 6) is -1.12. The molecule has 0 aromatic carbocycles. The molecule has 2 aliphatic rings. The first-order chi connectivity index (χ1) is 13.6. The third-order valence-electron chi connectivity index (χ3n) is 5.39. The van der Waals surface area contributed by atoms with E-state index >= 15 is 0 Å². The summed E-state index contributed by atoms with van der Waals surface area (Å²) in [6.45, 7) is 8.78. The molecule has 0 spiro atoms. The largest absolute Gasteiger partial charge is 0.379 e. The van der Waals surface area contributed by atoms with Gasteiger partial charge in [-0.15, -0.1) is 0 Å². The van der Waals surface area contributed by atoms with Gasteiger partial charge in [-0.05, 0) is 29.4 Å². The molecular weight excluding hydrogens is 378 g/mol. The zero-order chi connectivity index (χ0) is 19.8. The molecule has 28 heavy (non-hydrogen) atoms. The van der Waals surface area contributed by atoms with E-state index in [0.29, 0.717) is 13.1 Å². The number of nitrogens with one attached hydrogen (secondary N) is 2. The lowest BCUT2D eigenvalue weighted by atomic mass is 10.1. The highest BCUT2D eigenvalue weighted by Gasteiger charge is 2.25. The van der Waals surface area contributed by atoms with Crippen LogP contribution < -0.4 is 10.6 Å². The number of rotatable bonds is 7. The van der Waals surface area contributed by atoms with E-state index in [4.69, 9.17) is 4.74 Å². The van der Waals surface area contributed by atoms with Gasteiger partial charge in [-0.3, -0.25) is 19.4 Å². The van der Waals surface area contributed by atoms with Gasteiger partial charge in [-0.25, -0.2) is 0 Å². The fraction of sp³-hybridized carbons (Fsp3) is 0.684. The Balaban J connectivity index is 1.44. The van der Waals surface area contributed by atoms with Gasteiger partial charge in [-0.2, -0.15) is 11.3 Å². The molecule has 8 nitrogen and oxygen atoms in total. The Hall–Kier alpha value is -1.52. The Labute approximate surface area is 170 Å². The number of morpholine rings is 1. The molecule has 2 saturated heterocycles. The van der Waals surface area contributed by atoms with E-state index in [-0.39, 0.29) is 6.04 Å². The molecule has 0 radical (unpaired) electrons. The van der Waals surface area contributed by atoms with Crippen molar-refractivity contribution in [2.45, 2.75) is 6.04 Å². The molecule has 0 unspecified atom stereocenters. The summed E-state index contributed by atoms with van der Waals surface area (Å²) in [7, 11) is 2.12. The van der Waals surface area contributed by atoms with Crippen molar-refractivity contribution in [3.8, 4) is 0 Å². The molecular formula is C19H31N5O3S. The number of thiophene rings is 1. The van der Waals surface area contributed by atoms with E-state index in [0.717, 1.165) is 59.0 Å². The quantitative estimate of drug-likeness (QED) is 0.597. The maximum absolute atomic E-state index is 12.3. The minimum atomic E-state index is -0.560. The summed E-state index contributed by atoms with van der Waals surface area (Å²) >= 11 is 1.65. The molecule has 0 bridgehead atoms. The first kappa shape index (κ1) is 21.2. The molecule has 1 atom stereocenters. The van der Waals surface area contributed by atoms with Crippen molar-refractivity contribution in [2.75, 3.05) is 79.2 Å². The fourth-order valence-electron chi connectivity index (χ4n) is 3.56. The number of likely N-dealkylation sites (N-methyl/N-ethyl adjacent to an activating group) is 1. The first-order valence-corrected chi connectivity index (χ1v) is 10.9. The lowest BCUT2D eigenvalue weighted by Crippen LogP contribution is -2.50. The van der Waals surface area contributed by atoms with Crippen molar-refractivity contribution in [2.24, 2.45) is 0 Å². The maximum Gasteiger partial charge on any atom is 0.309 e. The van der Waals surface area contributed by atoms with Crippen molar-refractivity contribution in [1.82, 2.24) is 25.3 Å².